The number of carbonyl (C=O) groups is 1. The first-order valence-electron chi connectivity index (χ1n) is 9.25. The maximum Gasteiger partial charge on any atom is 0.338 e. The monoisotopic (exact) mass is 406 g/mol. The zero-order chi connectivity index (χ0) is 20.1. The van der Waals surface area contributed by atoms with Gasteiger partial charge in [0, 0.05) is 13.1 Å². The molecule has 1 fully saturated rings. The van der Waals surface area contributed by atoms with Gasteiger partial charge in [-0.25, -0.2) is 17.6 Å². The molecule has 0 atom stereocenters. The number of hydrogen-bond donors (Lipinski definition) is 1. The fourth-order valence-electron chi connectivity index (χ4n) is 3.19. The third kappa shape index (κ3) is 4.62. The van der Waals surface area contributed by atoms with E-state index < -0.39 is 21.8 Å². The molecule has 0 bridgehead atoms. The van der Waals surface area contributed by atoms with E-state index >= 15 is 0 Å². The van der Waals surface area contributed by atoms with Gasteiger partial charge in [-0.15, -0.1) is 0 Å². The molecule has 2 aromatic rings. The predicted octanol–water partition coefficient (Wildman–Crippen LogP) is 3.79. The van der Waals surface area contributed by atoms with Crippen LogP contribution in [0.2, 0.25) is 0 Å². The van der Waals surface area contributed by atoms with Gasteiger partial charge in [0.1, 0.15) is 5.82 Å². The number of carbonyl (C=O) groups excluding carboxylic acids is 1. The van der Waals surface area contributed by atoms with Gasteiger partial charge in [-0.3, -0.25) is 4.72 Å². The highest BCUT2D eigenvalue weighted by molar-refractivity contribution is 7.92. The quantitative estimate of drug-likeness (QED) is 0.739. The van der Waals surface area contributed by atoms with E-state index in [0.29, 0.717) is 11.4 Å². The van der Waals surface area contributed by atoms with Crippen LogP contribution in [0.1, 0.15) is 36.5 Å². The van der Waals surface area contributed by atoms with Crippen LogP contribution in [0.15, 0.2) is 47.4 Å². The number of nitrogens with zero attached hydrogens (tertiary/aromatic N) is 1. The molecule has 0 aliphatic carbocycles. The van der Waals surface area contributed by atoms with Gasteiger partial charge < -0.3 is 9.64 Å². The summed E-state index contributed by atoms with van der Waals surface area (Å²) >= 11 is 0. The lowest BCUT2D eigenvalue weighted by atomic mass is 10.1. The van der Waals surface area contributed by atoms with E-state index in [1.807, 2.05) is 0 Å². The molecule has 1 heterocycles. The van der Waals surface area contributed by atoms with Gasteiger partial charge in [0.2, 0.25) is 0 Å². The molecule has 6 nitrogen and oxygen atoms in total. The second kappa shape index (κ2) is 8.60. The largest absolute Gasteiger partial charge is 0.462 e. The van der Waals surface area contributed by atoms with Crippen molar-refractivity contribution in [3.8, 4) is 0 Å². The van der Waals surface area contributed by atoms with Crippen molar-refractivity contribution in [2.24, 2.45) is 0 Å². The van der Waals surface area contributed by atoms with Crippen molar-refractivity contribution in [1.29, 1.82) is 0 Å². The number of nitrogens with one attached hydrogen (secondary N) is 1. The molecule has 0 unspecified atom stereocenters. The summed E-state index contributed by atoms with van der Waals surface area (Å²) in [6.07, 6.45) is 3.17. The minimum absolute atomic E-state index is 0.0555. The molecule has 8 heteroatoms. The van der Waals surface area contributed by atoms with Crippen LogP contribution >= 0.6 is 0 Å². The molecular weight excluding hydrogens is 383 g/mol. The first kappa shape index (κ1) is 20.1. The second-order valence-electron chi connectivity index (χ2n) is 6.56. The number of anilines is 2. The average molecular weight is 406 g/mol. The molecule has 0 amide bonds. The summed E-state index contributed by atoms with van der Waals surface area (Å²) in [4.78, 5) is 14.1. The fraction of sp³-hybridized carbons (Fsp3) is 0.350. The van der Waals surface area contributed by atoms with Gasteiger partial charge in [0.25, 0.3) is 10.0 Å². The molecule has 28 heavy (non-hydrogen) atoms. The topological polar surface area (TPSA) is 75.7 Å². The summed E-state index contributed by atoms with van der Waals surface area (Å²) < 4.78 is 46.3. The van der Waals surface area contributed by atoms with E-state index in [0.717, 1.165) is 44.5 Å². The smallest absolute Gasteiger partial charge is 0.338 e. The van der Waals surface area contributed by atoms with Gasteiger partial charge in [-0.1, -0.05) is 0 Å². The average Bonchev–Trinajstić information content (AvgIpc) is 2.69. The lowest BCUT2D eigenvalue weighted by Crippen LogP contribution is -2.30. The molecule has 0 saturated carbocycles. The van der Waals surface area contributed by atoms with Crippen molar-refractivity contribution in [1.82, 2.24) is 0 Å². The summed E-state index contributed by atoms with van der Waals surface area (Å²) in [7, 11) is -3.94. The van der Waals surface area contributed by atoms with Gasteiger partial charge in [0.15, 0.2) is 0 Å². The van der Waals surface area contributed by atoms with Crippen LogP contribution in [-0.2, 0) is 14.8 Å². The molecule has 1 aliphatic heterocycles. The number of ether oxygens (including phenoxy) is 1. The minimum Gasteiger partial charge on any atom is -0.462 e. The van der Waals surface area contributed by atoms with Gasteiger partial charge in [-0.05, 0) is 68.7 Å². The minimum atomic E-state index is -3.94. The summed E-state index contributed by atoms with van der Waals surface area (Å²) in [5.41, 5.74) is 1.27. The highest BCUT2D eigenvalue weighted by atomic mass is 32.2. The van der Waals surface area contributed by atoms with Crippen LogP contribution in [0.4, 0.5) is 15.8 Å². The van der Waals surface area contributed by atoms with Crippen LogP contribution in [0.25, 0.3) is 0 Å². The van der Waals surface area contributed by atoms with E-state index in [1.165, 1.54) is 18.2 Å². The molecule has 150 valence electrons. The van der Waals surface area contributed by atoms with E-state index in [-0.39, 0.29) is 17.1 Å². The number of sulfonamides is 1. The summed E-state index contributed by atoms with van der Waals surface area (Å²) in [6.45, 7) is 3.55. The first-order valence-corrected chi connectivity index (χ1v) is 10.7. The predicted molar refractivity (Wildman–Crippen MR) is 106 cm³/mol. The standard InChI is InChI=1S/C20H23FN2O4S/c1-2-27-20(24)15-6-11-19(23-12-4-3-5-13-23)18(14-15)22-28(25,26)17-9-7-16(21)8-10-17/h6-11,14,22H,2-5,12-13H2,1H3. The lowest BCUT2D eigenvalue weighted by molar-refractivity contribution is 0.0526. The number of hydrogen-bond acceptors (Lipinski definition) is 5. The zero-order valence-electron chi connectivity index (χ0n) is 15.7. The number of piperidine rings is 1. The Balaban J connectivity index is 1.98. The third-order valence-corrected chi connectivity index (χ3v) is 5.95. The highest BCUT2D eigenvalue weighted by Gasteiger charge is 2.21. The van der Waals surface area contributed by atoms with Gasteiger partial charge >= 0.3 is 5.97 Å². The van der Waals surface area contributed by atoms with Crippen LogP contribution in [0.3, 0.4) is 0 Å². The van der Waals surface area contributed by atoms with Crippen LogP contribution in [0.5, 0.6) is 0 Å². The summed E-state index contributed by atoms with van der Waals surface area (Å²) in [5.74, 6) is -1.04. The van der Waals surface area contributed by atoms with Crippen LogP contribution in [-0.4, -0.2) is 34.1 Å². The molecule has 0 radical (unpaired) electrons. The van der Waals surface area contributed by atoms with Crippen molar-refractivity contribution in [2.75, 3.05) is 29.3 Å². The fourth-order valence-corrected chi connectivity index (χ4v) is 4.25. The molecule has 1 aliphatic rings. The van der Waals surface area contributed by atoms with Crippen LogP contribution < -0.4 is 9.62 Å². The molecule has 1 saturated heterocycles. The number of halogens is 1. The maximum absolute atomic E-state index is 13.1. The molecular formula is C20H23FN2O4S. The first-order chi connectivity index (χ1) is 13.4. The molecule has 0 aromatic heterocycles. The zero-order valence-corrected chi connectivity index (χ0v) is 16.5. The van der Waals surface area contributed by atoms with Crippen molar-refractivity contribution in [3.63, 3.8) is 0 Å². The molecule has 3 rings (SSSR count). The Kier molecular flexibility index (Phi) is 6.18. The molecule has 1 N–H and O–H groups in total. The Labute approximate surface area is 164 Å². The van der Waals surface area contributed by atoms with E-state index in [4.69, 9.17) is 4.74 Å². The Bertz CT molecular complexity index is 939. The van der Waals surface area contributed by atoms with E-state index in [9.17, 15) is 17.6 Å². The summed E-state index contributed by atoms with van der Waals surface area (Å²) in [5, 5.41) is 0. The van der Waals surface area contributed by atoms with Crippen molar-refractivity contribution >= 4 is 27.4 Å². The van der Waals surface area contributed by atoms with Gasteiger partial charge in [0.05, 0.1) is 28.4 Å². The lowest BCUT2D eigenvalue weighted by Gasteiger charge is -2.30. The van der Waals surface area contributed by atoms with Crippen molar-refractivity contribution in [3.05, 3.63) is 53.8 Å². The number of rotatable bonds is 6. The van der Waals surface area contributed by atoms with Crippen LogP contribution in [0, 0.1) is 5.82 Å². The SMILES string of the molecule is CCOC(=O)c1ccc(N2CCCCC2)c(NS(=O)(=O)c2ccc(F)cc2)c1. The number of benzene rings is 2. The van der Waals surface area contributed by atoms with Crippen molar-refractivity contribution in [2.45, 2.75) is 31.1 Å². The molecule has 0 spiro atoms. The maximum atomic E-state index is 13.1. The Hall–Kier alpha value is -2.61. The highest BCUT2D eigenvalue weighted by Crippen LogP contribution is 2.31. The Morgan fingerprint density at radius 3 is 2.43 bits per heavy atom. The Morgan fingerprint density at radius 2 is 1.79 bits per heavy atom. The molecule has 2 aromatic carbocycles. The number of esters is 1. The summed E-state index contributed by atoms with van der Waals surface area (Å²) in [6, 6.07) is 9.45. The third-order valence-electron chi connectivity index (χ3n) is 4.57. The van der Waals surface area contributed by atoms with Crippen molar-refractivity contribution < 1.29 is 22.3 Å². The van der Waals surface area contributed by atoms with E-state index in [1.54, 1.807) is 19.1 Å². The van der Waals surface area contributed by atoms with E-state index in [2.05, 4.69) is 9.62 Å². The second-order valence-corrected chi connectivity index (χ2v) is 8.24. The van der Waals surface area contributed by atoms with Gasteiger partial charge in [-0.2, -0.15) is 0 Å². The normalized spacial score (nSPS) is 14.6. The Morgan fingerprint density at radius 1 is 1.11 bits per heavy atom.